The lowest BCUT2D eigenvalue weighted by molar-refractivity contribution is 0.0331. The Morgan fingerprint density at radius 2 is 2.11 bits per heavy atom. The number of likely N-dealkylation sites (N-methyl/N-ethyl adjacent to an activating group) is 1. The number of rotatable bonds is 9. The highest BCUT2D eigenvalue weighted by Crippen LogP contribution is 2.11. The van der Waals surface area contributed by atoms with Crippen LogP contribution >= 0.6 is 0 Å². The Kier molecular flexibility index (Phi) is 7.02. The summed E-state index contributed by atoms with van der Waals surface area (Å²) in [6.45, 7) is 10.2. The molecule has 0 bridgehead atoms. The maximum absolute atomic E-state index is 5.79. The second-order valence-corrected chi connectivity index (χ2v) is 5.25. The molecular weight excluding hydrogens is 240 g/mol. The van der Waals surface area contributed by atoms with Crippen LogP contribution in [0.1, 0.15) is 39.9 Å². The number of aromatic nitrogens is 3. The van der Waals surface area contributed by atoms with Crippen LogP contribution in [0.15, 0.2) is 6.33 Å². The van der Waals surface area contributed by atoms with Gasteiger partial charge in [-0.25, -0.2) is 9.67 Å². The average Bonchev–Trinajstić information content (AvgIpc) is 2.80. The van der Waals surface area contributed by atoms with Gasteiger partial charge >= 0.3 is 0 Å². The number of nitrogens with one attached hydrogen (secondary N) is 1. The lowest BCUT2D eigenvalue weighted by Gasteiger charge is -2.25. The molecule has 19 heavy (non-hydrogen) atoms. The first-order valence-electron chi connectivity index (χ1n) is 7.27. The molecule has 110 valence electrons. The van der Waals surface area contributed by atoms with Crippen LogP contribution in [0.3, 0.4) is 0 Å². The molecule has 0 spiro atoms. The zero-order valence-electron chi connectivity index (χ0n) is 12.9. The maximum atomic E-state index is 5.79. The molecule has 0 aliphatic rings. The Morgan fingerprint density at radius 1 is 1.37 bits per heavy atom. The van der Waals surface area contributed by atoms with Crippen LogP contribution < -0.4 is 5.32 Å². The van der Waals surface area contributed by atoms with Gasteiger partial charge in [0.25, 0.3) is 0 Å². The van der Waals surface area contributed by atoms with Crippen molar-refractivity contribution in [2.24, 2.45) is 5.92 Å². The standard InChI is InChI=1S/C14H28N4O/c1-6-13(19-7-2)12(15-5)8-14-16-10-17-18(14)9-11(3)4/h10-13,15H,6-9H2,1-5H3. The summed E-state index contributed by atoms with van der Waals surface area (Å²) < 4.78 is 7.80. The number of ether oxygens (including phenoxy) is 1. The fourth-order valence-corrected chi connectivity index (χ4v) is 2.29. The predicted octanol–water partition coefficient (Wildman–Crippen LogP) is 1.88. The molecule has 5 nitrogen and oxygen atoms in total. The third-order valence-electron chi connectivity index (χ3n) is 3.24. The normalized spacial score (nSPS) is 14.8. The van der Waals surface area contributed by atoms with Crippen molar-refractivity contribution in [3.8, 4) is 0 Å². The fourth-order valence-electron chi connectivity index (χ4n) is 2.29. The Balaban J connectivity index is 2.72. The zero-order chi connectivity index (χ0) is 14.3. The van der Waals surface area contributed by atoms with Crippen molar-refractivity contribution in [1.82, 2.24) is 20.1 Å². The number of hydrogen-bond acceptors (Lipinski definition) is 4. The van der Waals surface area contributed by atoms with E-state index in [1.165, 1.54) is 0 Å². The molecule has 2 unspecified atom stereocenters. The summed E-state index contributed by atoms with van der Waals surface area (Å²) in [6, 6.07) is 0.278. The summed E-state index contributed by atoms with van der Waals surface area (Å²) in [4.78, 5) is 4.39. The third-order valence-corrected chi connectivity index (χ3v) is 3.24. The summed E-state index contributed by atoms with van der Waals surface area (Å²) in [5.74, 6) is 1.61. The molecule has 0 aromatic carbocycles. The minimum absolute atomic E-state index is 0.221. The molecule has 0 aliphatic carbocycles. The summed E-state index contributed by atoms with van der Waals surface area (Å²) in [7, 11) is 1.98. The molecule has 1 aromatic heterocycles. The molecule has 1 rings (SSSR count). The van der Waals surface area contributed by atoms with Gasteiger partial charge in [0.05, 0.1) is 6.10 Å². The third kappa shape index (κ3) is 4.91. The van der Waals surface area contributed by atoms with Crippen LogP contribution in [-0.2, 0) is 17.7 Å². The van der Waals surface area contributed by atoms with E-state index in [0.717, 1.165) is 31.8 Å². The monoisotopic (exact) mass is 268 g/mol. The Morgan fingerprint density at radius 3 is 2.63 bits per heavy atom. The molecule has 0 saturated heterocycles. The second kappa shape index (κ2) is 8.27. The molecule has 0 saturated carbocycles. The van der Waals surface area contributed by atoms with Crippen molar-refractivity contribution in [1.29, 1.82) is 0 Å². The van der Waals surface area contributed by atoms with Crippen LogP contribution in [0, 0.1) is 5.92 Å². The lowest BCUT2D eigenvalue weighted by Crippen LogP contribution is -2.41. The maximum Gasteiger partial charge on any atom is 0.138 e. The molecule has 1 aromatic rings. The van der Waals surface area contributed by atoms with Gasteiger partial charge in [-0.2, -0.15) is 5.10 Å². The van der Waals surface area contributed by atoms with Gasteiger partial charge in [0.2, 0.25) is 0 Å². The average molecular weight is 268 g/mol. The molecule has 5 heteroatoms. The molecular formula is C14H28N4O. The number of nitrogens with zero attached hydrogens (tertiary/aromatic N) is 3. The molecule has 0 fully saturated rings. The van der Waals surface area contributed by atoms with Gasteiger partial charge in [-0.15, -0.1) is 0 Å². The Bertz CT molecular complexity index is 351. The largest absolute Gasteiger partial charge is 0.377 e. The highest BCUT2D eigenvalue weighted by molar-refractivity contribution is 4.92. The first-order chi connectivity index (χ1) is 9.12. The fraction of sp³-hybridized carbons (Fsp3) is 0.857. The summed E-state index contributed by atoms with van der Waals surface area (Å²) in [5.41, 5.74) is 0. The van der Waals surface area contributed by atoms with Crippen molar-refractivity contribution in [2.75, 3.05) is 13.7 Å². The van der Waals surface area contributed by atoms with E-state index in [-0.39, 0.29) is 12.1 Å². The minimum atomic E-state index is 0.221. The Hall–Kier alpha value is -0.940. The topological polar surface area (TPSA) is 52.0 Å². The molecule has 0 radical (unpaired) electrons. The van der Waals surface area contributed by atoms with E-state index in [4.69, 9.17) is 4.74 Å². The van der Waals surface area contributed by atoms with Crippen molar-refractivity contribution >= 4 is 0 Å². The lowest BCUT2D eigenvalue weighted by atomic mass is 10.0. The van der Waals surface area contributed by atoms with E-state index < -0.39 is 0 Å². The first kappa shape index (κ1) is 16.1. The predicted molar refractivity (Wildman–Crippen MR) is 77.1 cm³/mol. The van der Waals surface area contributed by atoms with Gasteiger partial charge in [-0.1, -0.05) is 20.8 Å². The first-order valence-corrected chi connectivity index (χ1v) is 7.27. The van der Waals surface area contributed by atoms with Gasteiger partial charge in [-0.3, -0.25) is 0 Å². The van der Waals surface area contributed by atoms with Crippen LogP contribution in [0.2, 0.25) is 0 Å². The molecule has 0 aliphatic heterocycles. The summed E-state index contributed by atoms with van der Waals surface area (Å²) in [5, 5.41) is 7.66. The van der Waals surface area contributed by atoms with Crippen LogP contribution in [0.5, 0.6) is 0 Å². The van der Waals surface area contributed by atoms with E-state index in [1.807, 2.05) is 18.7 Å². The van der Waals surface area contributed by atoms with E-state index in [2.05, 4.69) is 36.2 Å². The van der Waals surface area contributed by atoms with Crippen molar-refractivity contribution in [2.45, 2.75) is 59.2 Å². The molecule has 0 amide bonds. The van der Waals surface area contributed by atoms with Gasteiger partial charge in [0.1, 0.15) is 12.2 Å². The highest BCUT2D eigenvalue weighted by atomic mass is 16.5. The SMILES string of the molecule is CCOC(CC)C(Cc1ncnn1CC(C)C)NC. The summed E-state index contributed by atoms with van der Waals surface area (Å²) >= 11 is 0. The van der Waals surface area contributed by atoms with E-state index in [9.17, 15) is 0 Å². The van der Waals surface area contributed by atoms with Crippen LogP contribution in [-0.4, -0.2) is 40.6 Å². The quantitative estimate of drug-likeness (QED) is 0.743. The van der Waals surface area contributed by atoms with Gasteiger partial charge in [0, 0.05) is 25.6 Å². The highest BCUT2D eigenvalue weighted by Gasteiger charge is 2.21. The smallest absolute Gasteiger partial charge is 0.138 e. The minimum Gasteiger partial charge on any atom is -0.377 e. The van der Waals surface area contributed by atoms with Gasteiger partial charge in [-0.05, 0) is 26.3 Å². The van der Waals surface area contributed by atoms with E-state index >= 15 is 0 Å². The van der Waals surface area contributed by atoms with Crippen LogP contribution in [0.25, 0.3) is 0 Å². The van der Waals surface area contributed by atoms with Gasteiger partial charge in [0.15, 0.2) is 0 Å². The Labute approximate surface area is 116 Å². The van der Waals surface area contributed by atoms with Crippen LogP contribution in [0.4, 0.5) is 0 Å². The molecule has 1 heterocycles. The number of hydrogen-bond donors (Lipinski definition) is 1. The summed E-state index contributed by atoms with van der Waals surface area (Å²) in [6.07, 6.45) is 3.71. The van der Waals surface area contributed by atoms with Crippen molar-refractivity contribution in [3.05, 3.63) is 12.2 Å². The second-order valence-electron chi connectivity index (χ2n) is 5.25. The zero-order valence-corrected chi connectivity index (χ0v) is 12.9. The van der Waals surface area contributed by atoms with E-state index in [0.29, 0.717) is 5.92 Å². The van der Waals surface area contributed by atoms with E-state index in [1.54, 1.807) is 6.33 Å². The molecule has 1 N–H and O–H groups in total. The molecule has 2 atom stereocenters. The van der Waals surface area contributed by atoms with Crippen molar-refractivity contribution in [3.63, 3.8) is 0 Å². The van der Waals surface area contributed by atoms with Crippen molar-refractivity contribution < 1.29 is 4.74 Å². The van der Waals surface area contributed by atoms with Gasteiger partial charge < -0.3 is 10.1 Å².